The van der Waals surface area contributed by atoms with Crippen LogP contribution in [-0.2, 0) is 0 Å². The summed E-state index contributed by atoms with van der Waals surface area (Å²) in [5, 5.41) is 2.49. The number of aromatic nitrogens is 1. The average Bonchev–Trinajstić information content (AvgIpc) is 2.36. The molecule has 0 aliphatic carbocycles. The van der Waals surface area contributed by atoms with Crippen LogP contribution >= 0.6 is 0 Å². The van der Waals surface area contributed by atoms with E-state index in [1.165, 1.54) is 0 Å². The number of carbonyl (C=O) groups excluding carboxylic acids is 2. The van der Waals surface area contributed by atoms with Crippen molar-refractivity contribution in [2.24, 2.45) is 5.92 Å². The van der Waals surface area contributed by atoms with E-state index in [0.29, 0.717) is 11.6 Å². The van der Waals surface area contributed by atoms with Gasteiger partial charge in [0, 0.05) is 20.1 Å². The van der Waals surface area contributed by atoms with Crippen LogP contribution in [0.3, 0.4) is 0 Å². The Morgan fingerprint density at radius 1 is 1.39 bits per heavy atom. The van der Waals surface area contributed by atoms with Gasteiger partial charge in [-0.1, -0.05) is 13.0 Å². The summed E-state index contributed by atoms with van der Waals surface area (Å²) >= 11 is 0. The van der Waals surface area contributed by atoms with Crippen molar-refractivity contribution in [3.8, 4) is 0 Å². The zero-order valence-corrected chi connectivity index (χ0v) is 10.6. The molecule has 0 atom stereocenters. The summed E-state index contributed by atoms with van der Waals surface area (Å²) < 4.78 is 0. The van der Waals surface area contributed by atoms with Crippen molar-refractivity contribution in [1.82, 2.24) is 15.2 Å². The minimum Gasteiger partial charge on any atom is -0.354 e. The summed E-state index contributed by atoms with van der Waals surface area (Å²) in [6.07, 6.45) is 1.09. The van der Waals surface area contributed by atoms with Crippen LogP contribution in [0.15, 0.2) is 18.2 Å². The van der Waals surface area contributed by atoms with Crippen LogP contribution < -0.4 is 5.32 Å². The summed E-state index contributed by atoms with van der Waals surface area (Å²) in [6, 6.07) is 4.93. The third-order valence-corrected chi connectivity index (χ3v) is 3.25. The van der Waals surface area contributed by atoms with Crippen molar-refractivity contribution < 1.29 is 9.59 Å². The van der Waals surface area contributed by atoms with Crippen LogP contribution in [0.4, 0.5) is 0 Å². The predicted octanol–water partition coefficient (Wildman–Crippen LogP) is 0.923. The van der Waals surface area contributed by atoms with E-state index in [1.54, 1.807) is 30.1 Å². The second kappa shape index (κ2) is 5.16. The average molecular weight is 247 g/mol. The quantitative estimate of drug-likeness (QED) is 0.864. The molecule has 2 rings (SSSR count). The minimum atomic E-state index is -0.278. The normalized spacial score (nSPS) is 15.1. The Balaban J connectivity index is 2.09. The topological polar surface area (TPSA) is 62.3 Å². The number of hydrogen-bond donors (Lipinski definition) is 1. The SMILES string of the molecule is CCC1CN(C(=O)c2cccc(C(=O)NC)n2)C1. The van der Waals surface area contributed by atoms with E-state index in [4.69, 9.17) is 0 Å². The van der Waals surface area contributed by atoms with Gasteiger partial charge in [-0.25, -0.2) is 4.98 Å². The van der Waals surface area contributed by atoms with E-state index in [1.807, 2.05) is 0 Å². The fourth-order valence-electron chi connectivity index (χ4n) is 1.96. The molecule has 1 aliphatic heterocycles. The lowest BCUT2D eigenvalue weighted by Gasteiger charge is -2.38. The molecule has 5 nitrogen and oxygen atoms in total. The molecule has 5 heteroatoms. The van der Waals surface area contributed by atoms with Crippen LogP contribution in [0, 0.1) is 5.92 Å². The molecule has 1 fully saturated rings. The third-order valence-electron chi connectivity index (χ3n) is 3.25. The lowest BCUT2D eigenvalue weighted by molar-refractivity contribution is 0.0488. The fraction of sp³-hybridized carbons (Fsp3) is 0.462. The summed E-state index contributed by atoms with van der Waals surface area (Å²) in [6.45, 7) is 3.71. The zero-order valence-electron chi connectivity index (χ0n) is 10.6. The van der Waals surface area contributed by atoms with Gasteiger partial charge in [-0.2, -0.15) is 0 Å². The number of nitrogens with zero attached hydrogens (tertiary/aromatic N) is 2. The minimum absolute atomic E-state index is 0.0922. The summed E-state index contributed by atoms with van der Waals surface area (Å²) in [4.78, 5) is 29.4. The Kier molecular flexibility index (Phi) is 3.60. The van der Waals surface area contributed by atoms with Gasteiger partial charge in [0.15, 0.2) is 0 Å². The summed E-state index contributed by atoms with van der Waals surface area (Å²) in [5.74, 6) is 0.237. The maximum atomic E-state index is 12.1. The molecule has 0 bridgehead atoms. The van der Waals surface area contributed by atoms with Crippen LogP contribution in [0.25, 0.3) is 0 Å². The predicted molar refractivity (Wildman–Crippen MR) is 67.3 cm³/mol. The van der Waals surface area contributed by atoms with Gasteiger partial charge in [-0.15, -0.1) is 0 Å². The Morgan fingerprint density at radius 3 is 2.67 bits per heavy atom. The van der Waals surface area contributed by atoms with Gasteiger partial charge in [-0.05, 0) is 24.5 Å². The van der Waals surface area contributed by atoms with E-state index in [2.05, 4.69) is 17.2 Å². The van der Waals surface area contributed by atoms with Gasteiger partial charge in [0.05, 0.1) is 0 Å². The van der Waals surface area contributed by atoms with E-state index in [0.717, 1.165) is 19.5 Å². The van der Waals surface area contributed by atoms with Gasteiger partial charge >= 0.3 is 0 Å². The Bertz CT molecular complexity index is 467. The molecular formula is C13H17N3O2. The van der Waals surface area contributed by atoms with Crippen molar-refractivity contribution >= 4 is 11.8 Å². The monoisotopic (exact) mass is 247 g/mol. The van der Waals surface area contributed by atoms with Gasteiger partial charge in [-0.3, -0.25) is 9.59 Å². The second-order valence-corrected chi connectivity index (χ2v) is 4.47. The highest BCUT2D eigenvalue weighted by molar-refractivity contribution is 5.96. The van der Waals surface area contributed by atoms with Gasteiger partial charge in [0.25, 0.3) is 11.8 Å². The Hall–Kier alpha value is -1.91. The second-order valence-electron chi connectivity index (χ2n) is 4.47. The van der Waals surface area contributed by atoms with Gasteiger partial charge in [0.1, 0.15) is 11.4 Å². The van der Waals surface area contributed by atoms with Crippen molar-refractivity contribution in [3.63, 3.8) is 0 Å². The zero-order chi connectivity index (χ0) is 13.1. The lowest BCUT2D eigenvalue weighted by Crippen LogP contribution is -2.49. The number of pyridine rings is 1. The van der Waals surface area contributed by atoms with Crippen LogP contribution in [-0.4, -0.2) is 41.8 Å². The van der Waals surface area contributed by atoms with E-state index in [9.17, 15) is 9.59 Å². The Morgan fingerprint density at radius 2 is 2.06 bits per heavy atom. The molecule has 18 heavy (non-hydrogen) atoms. The first-order valence-corrected chi connectivity index (χ1v) is 6.14. The number of carbonyl (C=O) groups is 2. The van der Waals surface area contributed by atoms with Gasteiger partial charge in [0.2, 0.25) is 0 Å². The van der Waals surface area contributed by atoms with Crippen molar-refractivity contribution in [1.29, 1.82) is 0 Å². The van der Waals surface area contributed by atoms with E-state index >= 15 is 0 Å². The number of likely N-dealkylation sites (tertiary alicyclic amines) is 1. The molecule has 0 radical (unpaired) electrons. The standard InChI is InChI=1S/C13H17N3O2/c1-3-9-7-16(8-9)13(18)11-6-4-5-10(15-11)12(17)14-2/h4-6,9H,3,7-8H2,1-2H3,(H,14,17). The number of nitrogens with one attached hydrogen (secondary N) is 1. The van der Waals surface area contributed by atoms with Crippen LogP contribution in [0.2, 0.25) is 0 Å². The van der Waals surface area contributed by atoms with E-state index in [-0.39, 0.29) is 17.5 Å². The maximum absolute atomic E-state index is 12.1. The molecule has 2 amide bonds. The molecule has 0 spiro atoms. The van der Waals surface area contributed by atoms with Crippen LogP contribution in [0.1, 0.15) is 34.3 Å². The number of rotatable bonds is 3. The molecule has 1 saturated heterocycles. The number of amides is 2. The van der Waals surface area contributed by atoms with Crippen molar-refractivity contribution in [3.05, 3.63) is 29.6 Å². The van der Waals surface area contributed by atoms with Crippen molar-refractivity contribution in [2.75, 3.05) is 20.1 Å². The molecule has 1 N–H and O–H groups in total. The number of hydrogen-bond acceptors (Lipinski definition) is 3. The Labute approximate surface area is 106 Å². The highest BCUT2D eigenvalue weighted by Crippen LogP contribution is 2.20. The largest absolute Gasteiger partial charge is 0.354 e. The molecule has 2 heterocycles. The maximum Gasteiger partial charge on any atom is 0.272 e. The van der Waals surface area contributed by atoms with E-state index < -0.39 is 0 Å². The molecular weight excluding hydrogens is 230 g/mol. The third kappa shape index (κ3) is 2.34. The molecule has 0 aromatic carbocycles. The first kappa shape index (κ1) is 12.5. The molecule has 1 aromatic rings. The molecule has 96 valence electrons. The molecule has 0 saturated carbocycles. The molecule has 0 unspecified atom stereocenters. The first-order chi connectivity index (χ1) is 8.65. The highest BCUT2D eigenvalue weighted by atomic mass is 16.2. The highest BCUT2D eigenvalue weighted by Gasteiger charge is 2.30. The molecule has 1 aliphatic rings. The lowest BCUT2D eigenvalue weighted by atomic mass is 9.97. The molecule has 1 aromatic heterocycles. The van der Waals surface area contributed by atoms with Crippen molar-refractivity contribution in [2.45, 2.75) is 13.3 Å². The first-order valence-electron chi connectivity index (χ1n) is 6.14. The summed E-state index contributed by atoms with van der Waals surface area (Å²) in [7, 11) is 1.54. The fourth-order valence-corrected chi connectivity index (χ4v) is 1.96. The smallest absolute Gasteiger partial charge is 0.272 e. The van der Waals surface area contributed by atoms with Crippen LogP contribution in [0.5, 0.6) is 0 Å². The van der Waals surface area contributed by atoms with Gasteiger partial charge < -0.3 is 10.2 Å². The summed E-state index contributed by atoms with van der Waals surface area (Å²) in [5.41, 5.74) is 0.613.